The fraction of sp³-hybridized carbons (Fsp3) is 0.444. The summed E-state index contributed by atoms with van der Waals surface area (Å²) in [5.41, 5.74) is 1.10. The maximum absolute atomic E-state index is 10.7. The third-order valence-electron chi connectivity index (χ3n) is 1.59. The first-order chi connectivity index (χ1) is 5.74. The lowest BCUT2D eigenvalue weighted by Gasteiger charge is -2.12. The van der Waals surface area contributed by atoms with Crippen molar-refractivity contribution in [1.29, 1.82) is 0 Å². The minimum Gasteiger partial charge on any atom is -0.458 e. The van der Waals surface area contributed by atoms with E-state index in [1.807, 2.05) is 23.8 Å². The minimum absolute atomic E-state index is 0.0613. The van der Waals surface area contributed by atoms with Gasteiger partial charge in [-0.15, -0.1) is 0 Å². The second-order valence-corrected chi connectivity index (χ2v) is 3.34. The largest absolute Gasteiger partial charge is 0.458 e. The van der Waals surface area contributed by atoms with Crippen LogP contribution in [0.4, 0.5) is 0 Å². The van der Waals surface area contributed by atoms with Crippen LogP contribution in [0.2, 0.25) is 0 Å². The average molecular weight is 184 g/mol. The summed E-state index contributed by atoms with van der Waals surface area (Å²) < 4.78 is 5.11. The van der Waals surface area contributed by atoms with Crippen molar-refractivity contribution in [3.63, 3.8) is 0 Å². The Morgan fingerprint density at radius 2 is 2.50 bits per heavy atom. The zero-order chi connectivity index (χ0) is 8.97. The summed E-state index contributed by atoms with van der Waals surface area (Å²) in [6.07, 6.45) is 0.768. The average Bonchev–Trinajstić information content (AvgIpc) is 2.51. The molecule has 0 aromatic carbocycles. The molecule has 66 valence electrons. The van der Waals surface area contributed by atoms with Crippen LogP contribution in [0.5, 0.6) is 0 Å². The molecule has 0 radical (unpaired) electrons. The number of thiophene rings is 1. The van der Waals surface area contributed by atoms with E-state index in [0.717, 1.165) is 12.0 Å². The van der Waals surface area contributed by atoms with Gasteiger partial charge in [0, 0.05) is 12.5 Å². The molecule has 1 heterocycles. The highest BCUT2D eigenvalue weighted by Crippen LogP contribution is 2.22. The summed E-state index contributed by atoms with van der Waals surface area (Å²) in [6.45, 7) is 3.44. The number of carbonyl (C=O) groups excluding carboxylic acids is 1. The van der Waals surface area contributed by atoms with Crippen LogP contribution in [0.3, 0.4) is 0 Å². The second-order valence-electron chi connectivity index (χ2n) is 2.56. The lowest BCUT2D eigenvalue weighted by atomic mass is 10.1. The molecule has 1 aromatic rings. The fourth-order valence-corrected chi connectivity index (χ4v) is 1.75. The molecule has 3 heteroatoms. The van der Waals surface area contributed by atoms with Crippen LogP contribution < -0.4 is 0 Å². The summed E-state index contributed by atoms with van der Waals surface area (Å²) in [5, 5.41) is 4.00. The molecule has 0 saturated heterocycles. The molecule has 0 N–H and O–H groups in total. The lowest BCUT2D eigenvalue weighted by molar-refractivity contribution is -0.146. The quantitative estimate of drug-likeness (QED) is 0.675. The maximum Gasteiger partial charge on any atom is 0.303 e. The third-order valence-corrected chi connectivity index (χ3v) is 2.30. The molecular weight excluding hydrogens is 172 g/mol. The van der Waals surface area contributed by atoms with E-state index < -0.39 is 0 Å². The van der Waals surface area contributed by atoms with Crippen LogP contribution >= 0.6 is 11.3 Å². The van der Waals surface area contributed by atoms with E-state index >= 15 is 0 Å². The molecule has 1 unspecified atom stereocenters. The molecule has 0 bridgehead atoms. The zero-order valence-electron chi connectivity index (χ0n) is 7.24. The van der Waals surface area contributed by atoms with Gasteiger partial charge in [-0.05, 0) is 23.2 Å². The summed E-state index contributed by atoms with van der Waals surface area (Å²) >= 11 is 1.62. The normalized spacial score (nSPS) is 12.5. The van der Waals surface area contributed by atoms with Crippen LogP contribution in [0.25, 0.3) is 0 Å². The van der Waals surface area contributed by atoms with Crippen LogP contribution in [0.15, 0.2) is 16.8 Å². The van der Waals surface area contributed by atoms with E-state index in [-0.39, 0.29) is 12.1 Å². The molecule has 1 rings (SSSR count). The Kier molecular flexibility index (Phi) is 3.29. The molecule has 0 aliphatic heterocycles. The van der Waals surface area contributed by atoms with Gasteiger partial charge in [-0.1, -0.05) is 6.92 Å². The highest BCUT2D eigenvalue weighted by molar-refractivity contribution is 7.07. The highest BCUT2D eigenvalue weighted by Gasteiger charge is 2.11. The van der Waals surface area contributed by atoms with Crippen LogP contribution in [-0.2, 0) is 9.53 Å². The van der Waals surface area contributed by atoms with E-state index in [1.54, 1.807) is 11.3 Å². The third kappa shape index (κ3) is 2.34. The van der Waals surface area contributed by atoms with Gasteiger partial charge >= 0.3 is 5.97 Å². The summed E-state index contributed by atoms with van der Waals surface area (Å²) in [5.74, 6) is -0.215. The number of hydrogen-bond acceptors (Lipinski definition) is 3. The minimum atomic E-state index is -0.215. The first-order valence-electron chi connectivity index (χ1n) is 3.93. The molecular formula is C9H12O2S. The molecule has 0 aliphatic rings. The molecule has 12 heavy (non-hydrogen) atoms. The van der Waals surface area contributed by atoms with Crippen molar-refractivity contribution in [2.75, 3.05) is 0 Å². The fourth-order valence-electron chi connectivity index (χ4n) is 1.05. The number of hydrogen-bond donors (Lipinski definition) is 0. The monoisotopic (exact) mass is 184 g/mol. The second kappa shape index (κ2) is 4.26. The standard InChI is InChI=1S/C9H12O2S/c1-3-9(11-7(2)10)8-4-5-12-6-8/h4-6,9H,3H2,1-2H3. The number of carbonyl (C=O) groups is 1. The maximum atomic E-state index is 10.7. The van der Waals surface area contributed by atoms with E-state index in [2.05, 4.69) is 0 Å². The van der Waals surface area contributed by atoms with Crippen molar-refractivity contribution in [3.05, 3.63) is 22.4 Å². The molecule has 1 aromatic heterocycles. The Bertz CT molecular complexity index is 241. The van der Waals surface area contributed by atoms with E-state index in [1.165, 1.54) is 6.92 Å². The van der Waals surface area contributed by atoms with E-state index in [4.69, 9.17) is 4.74 Å². The predicted molar refractivity (Wildman–Crippen MR) is 49.1 cm³/mol. The van der Waals surface area contributed by atoms with Crippen molar-refractivity contribution < 1.29 is 9.53 Å². The summed E-state index contributed by atoms with van der Waals surface area (Å²) in [6, 6.07) is 1.99. The van der Waals surface area contributed by atoms with Gasteiger partial charge in [0.1, 0.15) is 6.10 Å². The molecule has 2 nitrogen and oxygen atoms in total. The van der Waals surface area contributed by atoms with Gasteiger partial charge in [0.2, 0.25) is 0 Å². The van der Waals surface area contributed by atoms with Gasteiger partial charge in [-0.2, -0.15) is 11.3 Å². The number of rotatable bonds is 3. The van der Waals surface area contributed by atoms with Gasteiger partial charge in [0.15, 0.2) is 0 Å². The Morgan fingerprint density at radius 3 is 2.92 bits per heavy atom. The van der Waals surface area contributed by atoms with Gasteiger partial charge in [-0.25, -0.2) is 0 Å². The molecule has 0 saturated carbocycles. The van der Waals surface area contributed by atoms with Crippen molar-refractivity contribution in [2.45, 2.75) is 26.4 Å². The summed E-state index contributed by atoms with van der Waals surface area (Å²) in [7, 11) is 0. The zero-order valence-corrected chi connectivity index (χ0v) is 8.06. The molecule has 0 spiro atoms. The van der Waals surface area contributed by atoms with Crippen LogP contribution in [0, 0.1) is 0 Å². The smallest absolute Gasteiger partial charge is 0.303 e. The van der Waals surface area contributed by atoms with Crippen LogP contribution in [-0.4, -0.2) is 5.97 Å². The lowest BCUT2D eigenvalue weighted by Crippen LogP contribution is -2.06. The predicted octanol–water partition coefficient (Wildman–Crippen LogP) is 2.76. The van der Waals surface area contributed by atoms with Gasteiger partial charge in [0.25, 0.3) is 0 Å². The van der Waals surface area contributed by atoms with Crippen molar-refractivity contribution >= 4 is 17.3 Å². The first-order valence-corrected chi connectivity index (χ1v) is 4.87. The molecule has 0 fully saturated rings. The molecule has 0 aliphatic carbocycles. The highest BCUT2D eigenvalue weighted by atomic mass is 32.1. The van der Waals surface area contributed by atoms with Crippen molar-refractivity contribution in [1.82, 2.24) is 0 Å². The molecule has 1 atom stereocenters. The van der Waals surface area contributed by atoms with Gasteiger partial charge in [0.05, 0.1) is 0 Å². The van der Waals surface area contributed by atoms with Crippen molar-refractivity contribution in [2.24, 2.45) is 0 Å². The Morgan fingerprint density at radius 1 is 1.75 bits per heavy atom. The SMILES string of the molecule is CCC(OC(C)=O)c1ccsc1. The number of esters is 1. The van der Waals surface area contributed by atoms with Crippen LogP contribution in [0.1, 0.15) is 31.9 Å². The van der Waals surface area contributed by atoms with E-state index in [0.29, 0.717) is 0 Å². The molecule has 0 amide bonds. The Balaban J connectivity index is 2.63. The van der Waals surface area contributed by atoms with Crippen molar-refractivity contribution in [3.8, 4) is 0 Å². The van der Waals surface area contributed by atoms with Gasteiger partial charge in [-0.3, -0.25) is 4.79 Å². The van der Waals surface area contributed by atoms with E-state index in [9.17, 15) is 4.79 Å². The Labute approximate surface area is 76.2 Å². The van der Waals surface area contributed by atoms with Gasteiger partial charge < -0.3 is 4.74 Å². The number of ether oxygens (including phenoxy) is 1. The topological polar surface area (TPSA) is 26.3 Å². The Hall–Kier alpha value is -0.830. The first kappa shape index (κ1) is 9.26. The summed E-state index contributed by atoms with van der Waals surface area (Å²) in [4.78, 5) is 10.7.